The molecule has 0 aliphatic heterocycles. The molecule has 0 aliphatic carbocycles. The second kappa shape index (κ2) is 5.95. The van der Waals surface area contributed by atoms with Crippen LogP contribution in [0.1, 0.15) is 28.3 Å². The summed E-state index contributed by atoms with van der Waals surface area (Å²) in [6, 6.07) is 13.4. The summed E-state index contributed by atoms with van der Waals surface area (Å²) >= 11 is 0. The lowest BCUT2D eigenvalue weighted by atomic mass is 9.96. The van der Waals surface area contributed by atoms with Crippen LogP contribution in [0.5, 0.6) is 0 Å². The summed E-state index contributed by atoms with van der Waals surface area (Å²) in [5, 5.41) is 3.27. The van der Waals surface area contributed by atoms with E-state index in [-0.39, 0.29) is 11.9 Å². The molecule has 0 saturated heterocycles. The molecule has 0 heterocycles. The first-order valence-electron chi connectivity index (χ1n) is 6.38. The molecular weight excluding hydrogens is 239 g/mol. The van der Waals surface area contributed by atoms with Gasteiger partial charge < -0.3 is 11.1 Å². The van der Waals surface area contributed by atoms with E-state index in [0.717, 1.165) is 16.7 Å². The van der Waals surface area contributed by atoms with Crippen LogP contribution in [-0.2, 0) is 6.54 Å². The van der Waals surface area contributed by atoms with Gasteiger partial charge in [0.15, 0.2) is 0 Å². The molecule has 3 heteroatoms. The molecular formula is C16H19FN2. The molecule has 0 aliphatic rings. The Morgan fingerprint density at radius 2 is 1.74 bits per heavy atom. The summed E-state index contributed by atoms with van der Waals surface area (Å²) in [5.41, 5.74) is 9.57. The van der Waals surface area contributed by atoms with E-state index in [1.165, 1.54) is 6.07 Å². The average Bonchev–Trinajstić information content (AvgIpc) is 2.44. The van der Waals surface area contributed by atoms with Crippen molar-refractivity contribution < 1.29 is 4.39 Å². The largest absolute Gasteiger partial charge is 0.326 e. The number of nitrogens with one attached hydrogen (secondary N) is 1. The minimum absolute atomic E-state index is 0.0612. The number of rotatable bonds is 4. The molecule has 19 heavy (non-hydrogen) atoms. The Kier molecular flexibility index (Phi) is 4.30. The van der Waals surface area contributed by atoms with Gasteiger partial charge in [-0.05, 0) is 42.3 Å². The van der Waals surface area contributed by atoms with E-state index in [1.807, 2.05) is 31.3 Å². The van der Waals surface area contributed by atoms with Crippen molar-refractivity contribution in [1.29, 1.82) is 0 Å². The van der Waals surface area contributed by atoms with Crippen LogP contribution in [0.2, 0.25) is 0 Å². The van der Waals surface area contributed by atoms with Crippen molar-refractivity contribution in [3.63, 3.8) is 0 Å². The highest BCUT2D eigenvalue weighted by Crippen LogP contribution is 2.23. The zero-order chi connectivity index (χ0) is 13.8. The number of benzene rings is 2. The molecule has 2 aromatic carbocycles. The third-order valence-corrected chi connectivity index (χ3v) is 3.35. The van der Waals surface area contributed by atoms with Gasteiger partial charge in [-0.2, -0.15) is 0 Å². The van der Waals surface area contributed by atoms with E-state index in [1.54, 1.807) is 6.92 Å². The van der Waals surface area contributed by atoms with Gasteiger partial charge in [-0.3, -0.25) is 0 Å². The van der Waals surface area contributed by atoms with Gasteiger partial charge in [0, 0.05) is 6.54 Å². The molecule has 0 aromatic heterocycles. The van der Waals surface area contributed by atoms with E-state index >= 15 is 0 Å². The second-order valence-corrected chi connectivity index (χ2v) is 4.68. The standard InChI is InChI=1S/C16H19FN2/c1-11-9-14(7-8-15(11)17)16(19-2)13-5-3-12(10-18)4-6-13/h3-9,16,19H,10,18H2,1-2H3. The van der Waals surface area contributed by atoms with Crippen molar-refractivity contribution in [2.45, 2.75) is 19.5 Å². The Hall–Kier alpha value is -1.71. The Labute approximate surface area is 113 Å². The minimum Gasteiger partial charge on any atom is -0.326 e. The highest BCUT2D eigenvalue weighted by Gasteiger charge is 2.12. The highest BCUT2D eigenvalue weighted by molar-refractivity contribution is 5.35. The second-order valence-electron chi connectivity index (χ2n) is 4.68. The van der Waals surface area contributed by atoms with Crippen LogP contribution in [0.25, 0.3) is 0 Å². The predicted octanol–water partition coefficient (Wildman–Crippen LogP) is 2.90. The van der Waals surface area contributed by atoms with Crippen molar-refractivity contribution in [2.24, 2.45) is 5.73 Å². The maximum atomic E-state index is 13.3. The molecule has 0 fully saturated rings. The summed E-state index contributed by atoms with van der Waals surface area (Å²) < 4.78 is 13.3. The molecule has 100 valence electrons. The van der Waals surface area contributed by atoms with Gasteiger partial charge >= 0.3 is 0 Å². The lowest BCUT2D eigenvalue weighted by Crippen LogP contribution is -2.18. The fourth-order valence-electron chi connectivity index (χ4n) is 2.22. The molecule has 1 unspecified atom stereocenters. The number of hydrogen-bond acceptors (Lipinski definition) is 2. The molecule has 0 spiro atoms. The van der Waals surface area contributed by atoms with Gasteiger partial charge in [0.1, 0.15) is 5.82 Å². The van der Waals surface area contributed by atoms with Crippen molar-refractivity contribution in [3.8, 4) is 0 Å². The minimum atomic E-state index is -0.169. The van der Waals surface area contributed by atoms with Crippen LogP contribution in [0.15, 0.2) is 42.5 Å². The quantitative estimate of drug-likeness (QED) is 0.885. The van der Waals surface area contributed by atoms with Gasteiger partial charge in [-0.1, -0.05) is 36.4 Å². The third kappa shape index (κ3) is 3.00. The first kappa shape index (κ1) is 13.7. The van der Waals surface area contributed by atoms with E-state index in [2.05, 4.69) is 17.4 Å². The first-order chi connectivity index (χ1) is 9.15. The van der Waals surface area contributed by atoms with Gasteiger partial charge in [0.25, 0.3) is 0 Å². The summed E-state index contributed by atoms with van der Waals surface area (Å²) in [7, 11) is 1.90. The average molecular weight is 258 g/mol. The fraction of sp³-hybridized carbons (Fsp3) is 0.250. The Morgan fingerprint density at radius 3 is 2.26 bits per heavy atom. The van der Waals surface area contributed by atoms with Crippen molar-refractivity contribution >= 4 is 0 Å². The topological polar surface area (TPSA) is 38.0 Å². The predicted molar refractivity (Wildman–Crippen MR) is 76.4 cm³/mol. The lowest BCUT2D eigenvalue weighted by Gasteiger charge is -2.18. The molecule has 1 atom stereocenters. The fourth-order valence-corrected chi connectivity index (χ4v) is 2.22. The molecule has 2 rings (SSSR count). The first-order valence-corrected chi connectivity index (χ1v) is 6.38. The Morgan fingerprint density at radius 1 is 1.11 bits per heavy atom. The van der Waals surface area contributed by atoms with E-state index in [0.29, 0.717) is 12.1 Å². The zero-order valence-electron chi connectivity index (χ0n) is 11.3. The van der Waals surface area contributed by atoms with Crippen LogP contribution in [0, 0.1) is 12.7 Å². The molecule has 2 aromatic rings. The summed E-state index contributed by atoms with van der Waals surface area (Å²) in [5.74, 6) is -0.169. The van der Waals surface area contributed by atoms with Crippen LogP contribution in [-0.4, -0.2) is 7.05 Å². The molecule has 0 saturated carbocycles. The number of halogens is 1. The van der Waals surface area contributed by atoms with E-state index in [9.17, 15) is 4.39 Å². The third-order valence-electron chi connectivity index (χ3n) is 3.35. The molecule has 2 nitrogen and oxygen atoms in total. The smallest absolute Gasteiger partial charge is 0.126 e. The summed E-state index contributed by atoms with van der Waals surface area (Å²) in [4.78, 5) is 0. The van der Waals surface area contributed by atoms with Crippen molar-refractivity contribution in [1.82, 2.24) is 5.32 Å². The summed E-state index contributed by atoms with van der Waals surface area (Å²) in [6.45, 7) is 2.32. The van der Waals surface area contributed by atoms with Crippen molar-refractivity contribution in [3.05, 3.63) is 70.5 Å². The van der Waals surface area contributed by atoms with Crippen LogP contribution in [0.4, 0.5) is 4.39 Å². The lowest BCUT2D eigenvalue weighted by molar-refractivity contribution is 0.614. The van der Waals surface area contributed by atoms with Crippen LogP contribution < -0.4 is 11.1 Å². The SMILES string of the molecule is CNC(c1ccc(CN)cc1)c1ccc(F)c(C)c1. The van der Waals surface area contributed by atoms with Gasteiger partial charge in [-0.15, -0.1) is 0 Å². The zero-order valence-corrected chi connectivity index (χ0v) is 11.3. The van der Waals surface area contributed by atoms with Gasteiger partial charge in [0.2, 0.25) is 0 Å². The molecule has 0 radical (unpaired) electrons. The Bertz CT molecular complexity index is 549. The van der Waals surface area contributed by atoms with E-state index < -0.39 is 0 Å². The van der Waals surface area contributed by atoms with Crippen LogP contribution in [0.3, 0.4) is 0 Å². The van der Waals surface area contributed by atoms with Gasteiger partial charge in [-0.25, -0.2) is 4.39 Å². The normalized spacial score (nSPS) is 12.4. The maximum Gasteiger partial charge on any atom is 0.126 e. The molecule has 0 amide bonds. The van der Waals surface area contributed by atoms with Gasteiger partial charge in [0.05, 0.1) is 6.04 Å². The number of nitrogens with two attached hydrogens (primary N) is 1. The molecule has 3 N–H and O–H groups in total. The monoisotopic (exact) mass is 258 g/mol. The maximum absolute atomic E-state index is 13.3. The Balaban J connectivity index is 2.34. The van der Waals surface area contributed by atoms with E-state index in [4.69, 9.17) is 5.73 Å². The summed E-state index contributed by atoms with van der Waals surface area (Å²) in [6.07, 6.45) is 0. The number of aryl methyl sites for hydroxylation is 1. The van der Waals surface area contributed by atoms with Crippen LogP contribution >= 0.6 is 0 Å². The van der Waals surface area contributed by atoms with Crippen molar-refractivity contribution in [2.75, 3.05) is 7.05 Å². The highest BCUT2D eigenvalue weighted by atomic mass is 19.1. The molecule has 0 bridgehead atoms. The number of hydrogen-bond donors (Lipinski definition) is 2.